The van der Waals surface area contributed by atoms with Gasteiger partial charge in [0, 0.05) is 17.4 Å². The second-order valence-corrected chi connectivity index (χ2v) is 7.34. The molecule has 0 saturated heterocycles. The minimum absolute atomic E-state index is 0.128. The number of carbonyl (C=O) groups is 1. The first-order valence-corrected chi connectivity index (χ1v) is 10.1. The topological polar surface area (TPSA) is 86.9 Å². The number of aromatic hydroxyl groups is 1. The summed E-state index contributed by atoms with van der Waals surface area (Å²) in [5.41, 5.74) is 4.94. The summed E-state index contributed by atoms with van der Waals surface area (Å²) >= 11 is 0. The number of nitrogens with one attached hydrogen (secondary N) is 1. The minimum atomic E-state index is -0.977. The van der Waals surface area contributed by atoms with E-state index >= 15 is 0 Å². The lowest BCUT2D eigenvalue weighted by Gasteiger charge is -2.10. The highest BCUT2D eigenvalue weighted by molar-refractivity contribution is 5.88. The van der Waals surface area contributed by atoms with E-state index in [0.29, 0.717) is 28.4 Å². The Hall–Kier alpha value is -4.58. The molecule has 0 aliphatic carbocycles. The molecule has 0 spiro atoms. The molecule has 2 aromatic heterocycles. The van der Waals surface area contributed by atoms with Crippen molar-refractivity contribution in [2.24, 2.45) is 0 Å². The second-order valence-electron chi connectivity index (χ2n) is 7.34. The van der Waals surface area contributed by atoms with E-state index in [0.717, 1.165) is 11.1 Å². The molecule has 0 aliphatic heterocycles. The van der Waals surface area contributed by atoms with E-state index in [2.05, 4.69) is 5.32 Å². The van der Waals surface area contributed by atoms with Gasteiger partial charge in [-0.3, -0.25) is 4.40 Å². The van der Waals surface area contributed by atoms with Crippen molar-refractivity contribution >= 4 is 23.1 Å². The number of benzene rings is 3. The molecule has 156 valence electrons. The first-order chi connectivity index (χ1) is 15.6. The van der Waals surface area contributed by atoms with Gasteiger partial charge in [0.25, 0.3) is 0 Å². The molecule has 5 rings (SSSR count). The molecule has 6 nitrogen and oxygen atoms in total. The molecule has 0 fully saturated rings. The number of hydrogen-bond acceptors (Lipinski definition) is 4. The lowest BCUT2D eigenvalue weighted by molar-refractivity contribution is 0.0697. The van der Waals surface area contributed by atoms with Gasteiger partial charge in [-0.15, -0.1) is 0 Å². The number of phenolic OH excluding ortho intramolecular Hbond substituents is 1. The lowest BCUT2D eigenvalue weighted by atomic mass is 10.1. The van der Waals surface area contributed by atoms with Crippen LogP contribution >= 0.6 is 0 Å². The number of hydrogen-bond donors (Lipinski definition) is 3. The van der Waals surface area contributed by atoms with Crippen LogP contribution in [0.5, 0.6) is 5.75 Å². The fourth-order valence-electron chi connectivity index (χ4n) is 3.67. The summed E-state index contributed by atoms with van der Waals surface area (Å²) in [6.07, 6.45) is 1.93. The molecule has 0 bridgehead atoms. The van der Waals surface area contributed by atoms with Gasteiger partial charge < -0.3 is 15.5 Å². The predicted molar refractivity (Wildman–Crippen MR) is 124 cm³/mol. The van der Waals surface area contributed by atoms with Gasteiger partial charge in [-0.2, -0.15) is 0 Å². The zero-order valence-corrected chi connectivity index (χ0v) is 16.9. The van der Waals surface area contributed by atoms with Crippen molar-refractivity contribution in [3.8, 4) is 28.1 Å². The highest BCUT2D eigenvalue weighted by Crippen LogP contribution is 2.36. The van der Waals surface area contributed by atoms with Gasteiger partial charge >= 0.3 is 5.97 Å². The predicted octanol–water partition coefficient (Wildman–Crippen LogP) is 5.82. The van der Waals surface area contributed by atoms with Gasteiger partial charge in [0.1, 0.15) is 22.9 Å². The number of rotatable bonds is 5. The molecule has 0 amide bonds. The molecule has 3 aromatic carbocycles. The normalized spacial score (nSPS) is 10.9. The van der Waals surface area contributed by atoms with Crippen LogP contribution in [-0.4, -0.2) is 25.6 Å². The maximum absolute atomic E-state index is 11.2. The van der Waals surface area contributed by atoms with Gasteiger partial charge in [-0.25, -0.2) is 9.78 Å². The van der Waals surface area contributed by atoms with Crippen LogP contribution in [0.3, 0.4) is 0 Å². The molecule has 5 aromatic rings. The Bertz CT molecular complexity index is 1420. The highest BCUT2D eigenvalue weighted by atomic mass is 16.4. The van der Waals surface area contributed by atoms with Crippen LogP contribution in [0, 0.1) is 0 Å². The van der Waals surface area contributed by atoms with Crippen LogP contribution in [0.25, 0.3) is 28.0 Å². The molecule has 0 saturated carbocycles. The summed E-state index contributed by atoms with van der Waals surface area (Å²) < 4.78 is 1.92. The van der Waals surface area contributed by atoms with Crippen molar-refractivity contribution < 1.29 is 15.0 Å². The van der Waals surface area contributed by atoms with E-state index < -0.39 is 5.97 Å². The molecular weight excluding hydrogens is 402 g/mol. The molecule has 0 unspecified atom stereocenters. The van der Waals surface area contributed by atoms with E-state index in [1.165, 1.54) is 0 Å². The molecule has 0 radical (unpaired) electrons. The Kier molecular flexibility index (Phi) is 4.80. The average Bonchev–Trinajstić information content (AvgIpc) is 3.17. The van der Waals surface area contributed by atoms with Crippen molar-refractivity contribution in [1.29, 1.82) is 0 Å². The van der Waals surface area contributed by atoms with E-state index in [4.69, 9.17) is 10.1 Å². The van der Waals surface area contributed by atoms with Crippen molar-refractivity contribution in [2.75, 3.05) is 5.32 Å². The Morgan fingerprint density at radius 3 is 2.28 bits per heavy atom. The fraction of sp³-hybridized carbons (Fsp3) is 0. The third kappa shape index (κ3) is 3.54. The van der Waals surface area contributed by atoms with E-state index in [1.54, 1.807) is 36.4 Å². The van der Waals surface area contributed by atoms with Crippen molar-refractivity contribution in [1.82, 2.24) is 9.38 Å². The standard InChI is InChI=1S/C26H19N3O3/c30-22-9-5-4-8-21(22)24-25(27-20-12-10-18(11-13-20)26(31)32)29-15-14-19(16-23(29)28-24)17-6-2-1-3-7-17/h1-16,27,30H,(H,31,32). The summed E-state index contributed by atoms with van der Waals surface area (Å²) in [6, 6.07) is 27.6. The van der Waals surface area contributed by atoms with E-state index in [1.807, 2.05) is 65.2 Å². The summed E-state index contributed by atoms with van der Waals surface area (Å²) in [6.45, 7) is 0. The number of para-hydroxylation sites is 1. The maximum Gasteiger partial charge on any atom is 0.335 e. The van der Waals surface area contributed by atoms with Crippen LogP contribution in [0.4, 0.5) is 11.5 Å². The number of phenols is 1. The molecule has 2 heterocycles. The minimum Gasteiger partial charge on any atom is -0.507 e. The number of fused-ring (bicyclic) bond motifs is 1. The number of carboxylic acids is 1. The summed E-state index contributed by atoms with van der Waals surface area (Å²) in [5, 5.41) is 23.0. The third-order valence-electron chi connectivity index (χ3n) is 5.29. The molecule has 0 atom stereocenters. The number of nitrogens with zero attached hydrogens (tertiary/aromatic N) is 2. The molecule has 32 heavy (non-hydrogen) atoms. The first kappa shape index (κ1) is 19.4. The summed E-state index contributed by atoms with van der Waals surface area (Å²) in [7, 11) is 0. The Balaban J connectivity index is 1.65. The van der Waals surface area contributed by atoms with Gasteiger partial charge in [-0.1, -0.05) is 42.5 Å². The quantitative estimate of drug-likeness (QED) is 0.333. The number of pyridine rings is 1. The van der Waals surface area contributed by atoms with E-state index in [9.17, 15) is 9.90 Å². The first-order valence-electron chi connectivity index (χ1n) is 10.1. The number of aromatic nitrogens is 2. The van der Waals surface area contributed by atoms with Crippen LogP contribution < -0.4 is 5.32 Å². The summed E-state index contributed by atoms with van der Waals surface area (Å²) in [5.74, 6) is -0.178. The Morgan fingerprint density at radius 1 is 0.844 bits per heavy atom. The van der Waals surface area contributed by atoms with Crippen molar-refractivity contribution in [2.45, 2.75) is 0 Å². The Labute approximate surface area is 184 Å². The zero-order valence-electron chi connectivity index (χ0n) is 16.9. The lowest BCUT2D eigenvalue weighted by Crippen LogP contribution is -1.99. The number of imidazole rings is 1. The summed E-state index contributed by atoms with van der Waals surface area (Å²) in [4.78, 5) is 16.0. The van der Waals surface area contributed by atoms with Gasteiger partial charge in [0.2, 0.25) is 0 Å². The largest absolute Gasteiger partial charge is 0.507 e. The fourth-order valence-corrected chi connectivity index (χ4v) is 3.67. The number of anilines is 2. The van der Waals surface area contributed by atoms with Gasteiger partial charge in [0.05, 0.1) is 5.56 Å². The number of carboxylic acid groups (broad SMARTS) is 1. The van der Waals surface area contributed by atoms with Gasteiger partial charge in [0.15, 0.2) is 0 Å². The van der Waals surface area contributed by atoms with Crippen molar-refractivity contribution in [3.05, 3.63) is 103 Å². The average molecular weight is 421 g/mol. The van der Waals surface area contributed by atoms with Crippen LogP contribution in [0.1, 0.15) is 10.4 Å². The monoisotopic (exact) mass is 421 g/mol. The molecule has 3 N–H and O–H groups in total. The van der Waals surface area contributed by atoms with E-state index in [-0.39, 0.29) is 11.3 Å². The number of aromatic carboxylic acids is 1. The molecule has 6 heteroatoms. The smallest absolute Gasteiger partial charge is 0.335 e. The molecular formula is C26H19N3O3. The SMILES string of the molecule is O=C(O)c1ccc(Nc2c(-c3ccccc3O)nc3cc(-c4ccccc4)ccn23)cc1. The highest BCUT2D eigenvalue weighted by Gasteiger charge is 2.18. The zero-order chi connectivity index (χ0) is 22.1. The maximum atomic E-state index is 11.2. The second kappa shape index (κ2) is 7.92. The third-order valence-corrected chi connectivity index (χ3v) is 5.29. The van der Waals surface area contributed by atoms with Crippen molar-refractivity contribution in [3.63, 3.8) is 0 Å². The van der Waals surface area contributed by atoms with Crippen LogP contribution in [-0.2, 0) is 0 Å². The van der Waals surface area contributed by atoms with Crippen LogP contribution in [0.2, 0.25) is 0 Å². The van der Waals surface area contributed by atoms with Crippen LogP contribution in [0.15, 0.2) is 97.2 Å². The molecule has 0 aliphatic rings. The van der Waals surface area contributed by atoms with Gasteiger partial charge in [-0.05, 0) is 59.7 Å². The Morgan fingerprint density at radius 2 is 1.56 bits per heavy atom.